The molecule has 0 fully saturated rings. The highest BCUT2D eigenvalue weighted by molar-refractivity contribution is 6.35. The number of halogens is 10. The summed E-state index contributed by atoms with van der Waals surface area (Å²) < 4.78 is 106. The van der Waals surface area contributed by atoms with Crippen molar-refractivity contribution in [2.24, 2.45) is 0 Å². The highest BCUT2D eigenvalue weighted by Gasteiger charge is 2.40. The van der Waals surface area contributed by atoms with Crippen molar-refractivity contribution in [2.75, 3.05) is 0 Å². The minimum Gasteiger partial charge on any atom is -0.346 e. The van der Waals surface area contributed by atoms with Crippen LogP contribution in [0, 0.1) is 5.82 Å². The van der Waals surface area contributed by atoms with E-state index in [0.717, 1.165) is 24.3 Å². The van der Waals surface area contributed by atoms with Gasteiger partial charge in [0.25, 0.3) is 0 Å². The highest BCUT2D eigenvalue weighted by Crippen LogP contribution is 2.40. The molecule has 2 nitrogen and oxygen atoms in total. The van der Waals surface area contributed by atoms with Crippen molar-refractivity contribution >= 4 is 35.2 Å². The second-order valence-corrected chi connectivity index (χ2v) is 8.51. The lowest BCUT2D eigenvalue weighted by atomic mass is 9.96. The Hall–Kier alpha value is -2.33. The number of rotatable bonds is 5. The van der Waals surface area contributed by atoms with Crippen molar-refractivity contribution in [3.8, 4) is 0 Å². The average molecular weight is 532 g/mol. The predicted octanol–water partition coefficient (Wildman–Crippen LogP) is 7.50. The summed E-state index contributed by atoms with van der Waals surface area (Å²) >= 11 is 11.2. The van der Waals surface area contributed by atoms with Gasteiger partial charge in [-0.05, 0) is 34.4 Å². The van der Waals surface area contributed by atoms with Crippen LogP contribution in [0.1, 0.15) is 40.6 Å². The maximum Gasteiger partial charge on any atom is 0.399 e. The minimum absolute atomic E-state index is 0.236. The zero-order valence-electron chi connectivity index (χ0n) is 16.9. The van der Waals surface area contributed by atoms with Crippen LogP contribution >= 0.6 is 23.2 Å². The van der Waals surface area contributed by atoms with Crippen LogP contribution in [0.4, 0.5) is 35.1 Å². The number of nitrogens with one attached hydrogen (secondary N) is 1. The minimum atomic E-state index is -4.77. The lowest BCUT2D eigenvalue weighted by Gasteiger charge is -2.18. The molecular formula is C22H15Cl2F8NO. The van der Waals surface area contributed by atoms with Gasteiger partial charge in [-0.3, -0.25) is 4.79 Å². The molecule has 0 heterocycles. The fourth-order valence-corrected chi connectivity index (χ4v) is 4.18. The van der Waals surface area contributed by atoms with E-state index in [4.69, 9.17) is 23.2 Å². The molecule has 0 radical (unpaired) electrons. The van der Waals surface area contributed by atoms with E-state index in [1.54, 1.807) is 0 Å². The Morgan fingerprint density at radius 3 is 2.26 bits per heavy atom. The van der Waals surface area contributed by atoms with Crippen LogP contribution in [-0.2, 0) is 11.2 Å². The molecular weight excluding hydrogens is 517 g/mol. The van der Waals surface area contributed by atoms with Gasteiger partial charge in [-0.15, -0.1) is 0 Å². The van der Waals surface area contributed by atoms with E-state index in [9.17, 15) is 39.9 Å². The molecule has 1 N–H and O–H groups in total. The Kier molecular flexibility index (Phi) is 7.52. The van der Waals surface area contributed by atoms with E-state index in [1.807, 2.05) is 5.32 Å². The number of allylic oxidation sites excluding steroid dienone is 1. The molecule has 1 aliphatic rings. The molecule has 0 aliphatic heterocycles. The van der Waals surface area contributed by atoms with E-state index in [0.29, 0.717) is 5.56 Å². The second kappa shape index (κ2) is 9.73. The van der Waals surface area contributed by atoms with Crippen molar-refractivity contribution in [2.45, 2.75) is 43.3 Å². The Bertz CT molecular complexity index is 1090. The summed E-state index contributed by atoms with van der Waals surface area (Å²) in [6.07, 6.45) is -11.3. The third-order valence-corrected chi connectivity index (χ3v) is 5.71. The Balaban J connectivity index is 1.84. The van der Waals surface area contributed by atoms with E-state index in [1.165, 1.54) is 18.2 Å². The Labute approximate surface area is 198 Å². The predicted molar refractivity (Wildman–Crippen MR) is 111 cm³/mol. The van der Waals surface area contributed by atoms with E-state index < -0.39 is 64.2 Å². The number of alkyl halides is 7. The van der Waals surface area contributed by atoms with Crippen molar-refractivity contribution in [3.63, 3.8) is 0 Å². The summed E-state index contributed by atoms with van der Waals surface area (Å²) in [5.41, 5.74) is 0.437. The molecule has 3 rings (SSSR count). The first-order chi connectivity index (χ1) is 15.7. The summed E-state index contributed by atoms with van der Waals surface area (Å²) in [5.74, 6) is -4.62. The van der Waals surface area contributed by atoms with Crippen LogP contribution in [0.25, 0.3) is 6.08 Å². The molecule has 0 saturated heterocycles. The van der Waals surface area contributed by atoms with Gasteiger partial charge in [-0.1, -0.05) is 53.6 Å². The van der Waals surface area contributed by atoms with Gasteiger partial charge in [0, 0.05) is 6.42 Å². The standard InChI is InChI=1S/C22H15Cl2F8NO/c23-15-6-12(7-16(24)19(15)26)14(22(30,31)32)4-2-10-1-3-13-11(5-10)8-17(25)20(13)33-18(34)9-21(27,28)29/h1-7,14,17,20H,8-9H2,(H,33,34). The molecule has 2 aromatic carbocycles. The van der Waals surface area contributed by atoms with Gasteiger partial charge in [0.15, 0.2) is 5.82 Å². The number of carbonyl (C=O) groups is 1. The lowest BCUT2D eigenvalue weighted by Crippen LogP contribution is -2.34. The SMILES string of the molecule is O=C(CC(F)(F)F)NC1c2ccc(C=CC(c3cc(Cl)c(F)c(Cl)c3)C(F)(F)F)cc2CC1F. The fraction of sp³-hybridized carbons (Fsp3) is 0.318. The first kappa shape index (κ1) is 26.3. The molecule has 184 valence electrons. The topological polar surface area (TPSA) is 29.1 Å². The van der Waals surface area contributed by atoms with Gasteiger partial charge < -0.3 is 5.32 Å². The van der Waals surface area contributed by atoms with Gasteiger partial charge in [-0.25, -0.2) is 8.78 Å². The van der Waals surface area contributed by atoms with E-state index in [-0.39, 0.29) is 17.5 Å². The van der Waals surface area contributed by atoms with Gasteiger partial charge in [0.05, 0.1) is 22.0 Å². The van der Waals surface area contributed by atoms with Gasteiger partial charge in [0.1, 0.15) is 12.6 Å². The maximum absolute atomic E-state index is 14.4. The number of fused-ring (bicyclic) bond motifs is 1. The van der Waals surface area contributed by atoms with Crippen molar-refractivity contribution in [1.82, 2.24) is 5.32 Å². The van der Waals surface area contributed by atoms with Crippen LogP contribution in [0.2, 0.25) is 10.0 Å². The van der Waals surface area contributed by atoms with Crippen molar-refractivity contribution in [3.05, 3.63) is 74.5 Å². The largest absolute Gasteiger partial charge is 0.399 e. The van der Waals surface area contributed by atoms with E-state index >= 15 is 0 Å². The van der Waals surface area contributed by atoms with E-state index in [2.05, 4.69) is 0 Å². The Morgan fingerprint density at radius 1 is 1.09 bits per heavy atom. The number of carbonyl (C=O) groups excluding carboxylic acids is 1. The third-order valence-electron chi connectivity index (χ3n) is 5.16. The molecule has 3 unspecified atom stereocenters. The van der Waals surface area contributed by atoms with Gasteiger partial charge >= 0.3 is 12.4 Å². The molecule has 2 aromatic rings. The number of benzene rings is 2. The zero-order chi connectivity index (χ0) is 25.4. The molecule has 1 aliphatic carbocycles. The Morgan fingerprint density at radius 2 is 1.71 bits per heavy atom. The molecule has 34 heavy (non-hydrogen) atoms. The van der Waals surface area contributed by atoms with Crippen LogP contribution in [0.15, 0.2) is 36.4 Å². The quantitative estimate of drug-likeness (QED) is 0.314. The van der Waals surface area contributed by atoms with Crippen LogP contribution in [0.5, 0.6) is 0 Å². The maximum atomic E-state index is 14.4. The normalized spacial score (nSPS) is 19.4. The summed E-state index contributed by atoms with van der Waals surface area (Å²) in [4.78, 5) is 11.6. The third kappa shape index (κ3) is 6.21. The van der Waals surface area contributed by atoms with Gasteiger partial charge in [-0.2, -0.15) is 26.3 Å². The summed E-state index contributed by atoms with van der Waals surface area (Å²) in [6.45, 7) is 0. The molecule has 0 bridgehead atoms. The van der Waals surface area contributed by atoms with Crippen LogP contribution in [-0.4, -0.2) is 24.4 Å². The first-order valence-corrected chi connectivity index (χ1v) is 10.4. The van der Waals surface area contributed by atoms with Crippen LogP contribution < -0.4 is 5.32 Å². The van der Waals surface area contributed by atoms with Crippen LogP contribution in [0.3, 0.4) is 0 Å². The number of amides is 1. The fourth-order valence-electron chi connectivity index (χ4n) is 3.68. The number of hydrogen-bond acceptors (Lipinski definition) is 1. The molecule has 0 saturated carbocycles. The monoisotopic (exact) mass is 531 g/mol. The molecule has 0 spiro atoms. The highest BCUT2D eigenvalue weighted by atomic mass is 35.5. The smallest absolute Gasteiger partial charge is 0.346 e. The summed E-state index contributed by atoms with van der Waals surface area (Å²) in [6, 6.07) is 4.39. The zero-order valence-corrected chi connectivity index (χ0v) is 18.4. The van der Waals surface area contributed by atoms with Crippen molar-refractivity contribution in [1.29, 1.82) is 0 Å². The van der Waals surface area contributed by atoms with Crippen molar-refractivity contribution < 1.29 is 39.9 Å². The second-order valence-electron chi connectivity index (χ2n) is 7.69. The molecule has 12 heteroatoms. The molecule has 1 amide bonds. The van der Waals surface area contributed by atoms with Gasteiger partial charge in [0.2, 0.25) is 5.91 Å². The first-order valence-electron chi connectivity index (χ1n) is 9.68. The number of hydrogen-bond donors (Lipinski definition) is 1. The average Bonchev–Trinajstić information content (AvgIpc) is 2.98. The lowest BCUT2D eigenvalue weighted by molar-refractivity contribution is -0.154. The summed E-state index contributed by atoms with van der Waals surface area (Å²) in [7, 11) is 0. The summed E-state index contributed by atoms with van der Waals surface area (Å²) in [5, 5.41) is 0.864. The molecule has 0 aromatic heterocycles. The molecule has 3 atom stereocenters.